The molecular weight excluding hydrogens is 168 g/mol. The molecule has 0 heteroatoms. The van der Waals surface area contributed by atoms with Gasteiger partial charge >= 0.3 is 0 Å². The zero-order valence-electron chi connectivity index (χ0n) is 11.1. The zero-order valence-corrected chi connectivity index (χ0v) is 11.1. The van der Waals surface area contributed by atoms with Crippen LogP contribution in [0.4, 0.5) is 0 Å². The molecule has 0 aliphatic carbocycles. The highest BCUT2D eigenvalue weighted by Crippen LogP contribution is 2.35. The van der Waals surface area contributed by atoms with Gasteiger partial charge in [-0.1, -0.05) is 67.2 Å². The second-order valence-corrected chi connectivity index (χ2v) is 4.62. The topological polar surface area (TPSA) is 0 Å². The molecule has 0 aromatic heterocycles. The maximum absolute atomic E-state index is 2.42. The predicted octanol–water partition coefficient (Wildman–Crippen LogP) is 5.09. The van der Waals surface area contributed by atoms with Gasteiger partial charge in [0.1, 0.15) is 0 Å². The molecule has 1 radical (unpaired) electrons. The van der Waals surface area contributed by atoms with Gasteiger partial charge in [-0.2, -0.15) is 0 Å². The van der Waals surface area contributed by atoms with E-state index < -0.39 is 0 Å². The van der Waals surface area contributed by atoms with Crippen LogP contribution in [0.25, 0.3) is 0 Å². The molecule has 0 N–H and O–H groups in total. The van der Waals surface area contributed by atoms with Crippen molar-refractivity contribution in [3.8, 4) is 0 Å². The SMILES string of the molecule is CCC(CC)[C](C)C(C)C(CC)CC. The highest BCUT2D eigenvalue weighted by Gasteiger charge is 2.25. The van der Waals surface area contributed by atoms with E-state index in [2.05, 4.69) is 41.5 Å². The van der Waals surface area contributed by atoms with Crippen molar-refractivity contribution < 1.29 is 0 Å². The van der Waals surface area contributed by atoms with E-state index in [4.69, 9.17) is 0 Å². The molecule has 14 heavy (non-hydrogen) atoms. The molecule has 0 nitrogen and oxygen atoms in total. The Kier molecular flexibility index (Phi) is 7.31. The molecule has 85 valence electrons. The lowest BCUT2D eigenvalue weighted by atomic mass is 9.73. The van der Waals surface area contributed by atoms with E-state index in [0.29, 0.717) is 0 Å². The number of hydrogen-bond acceptors (Lipinski definition) is 0. The molecule has 0 fully saturated rings. The second kappa shape index (κ2) is 7.31. The van der Waals surface area contributed by atoms with Gasteiger partial charge in [0.25, 0.3) is 0 Å². The van der Waals surface area contributed by atoms with E-state index in [1.807, 2.05) is 0 Å². The first kappa shape index (κ1) is 14.0. The van der Waals surface area contributed by atoms with Crippen LogP contribution in [0.3, 0.4) is 0 Å². The summed E-state index contributed by atoms with van der Waals surface area (Å²) in [6, 6.07) is 0. The Morgan fingerprint density at radius 1 is 0.857 bits per heavy atom. The van der Waals surface area contributed by atoms with E-state index >= 15 is 0 Å². The minimum Gasteiger partial charge on any atom is -0.0651 e. The molecule has 0 aliphatic rings. The summed E-state index contributed by atoms with van der Waals surface area (Å²) in [4.78, 5) is 0. The van der Waals surface area contributed by atoms with Crippen LogP contribution in [0.1, 0.15) is 67.2 Å². The van der Waals surface area contributed by atoms with Crippen molar-refractivity contribution in [3.63, 3.8) is 0 Å². The summed E-state index contributed by atoms with van der Waals surface area (Å²) in [5.74, 6) is 4.31. The van der Waals surface area contributed by atoms with Crippen molar-refractivity contribution in [2.45, 2.75) is 67.2 Å². The summed E-state index contributed by atoms with van der Waals surface area (Å²) in [6.07, 6.45) is 5.28. The van der Waals surface area contributed by atoms with Gasteiger partial charge < -0.3 is 0 Å². The molecule has 0 saturated heterocycles. The summed E-state index contributed by atoms with van der Waals surface area (Å²) < 4.78 is 0. The molecule has 0 rings (SSSR count). The van der Waals surface area contributed by atoms with E-state index in [9.17, 15) is 0 Å². The van der Waals surface area contributed by atoms with Crippen molar-refractivity contribution >= 4 is 0 Å². The van der Waals surface area contributed by atoms with Crippen LogP contribution in [-0.4, -0.2) is 0 Å². The highest BCUT2D eigenvalue weighted by atomic mass is 14.3. The molecule has 1 unspecified atom stereocenters. The van der Waals surface area contributed by atoms with Gasteiger partial charge in [0.05, 0.1) is 0 Å². The maximum atomic E-state index is 2.42. The molecular formula is C14H29. The highest BCUT2D eigenvalue weighted by molar-refractivity contribution is 4.97. The molecule has 0 bridgehead atoms. The van der Waals surface area contributed by atoms with Gasteiger partial charge in [-0.25, -0.2) is 0 Å². The average Bonchev–Trinajstić information content (AvgIpc) is 2.21. The van der Waals surface area contributed by atoms with Crippen LogP contribution in [-0.2, 0) is 0 Å². The fourth-order valence-corrected chi connectivity index (χ4v) is 2.67. The van der Waals surface area contributed by atoms with Crippen LogP contribution in [0.15, 0.2) is 0 Å². The first-order valence-electron chi connectivity index (χ1n) is 6.45. The summed E-state index contributed by atoms with van der Waals surface area (Å²) in [5, 5.41) is 0. The zero-order chi connectivity index (χ0) is 11.1. The Balaban J connectivity index is 4.26. The summed E-state index contributed by atoms with van der Waals surface area (Å²) in [5.41, 5.74) is 0. The van der Waals surface area contributed by atoms with Gasteiger partial charge in [-0.15, -0.1) is 0 Å². The third kappa shape index (κ3) is 3.63. The normalized spacial score (nSPS) is 14.4. The second-order valence-electron chi connectivity index (χ2n) is 4.62. The predicted molar refractivity (Wildman–Crippen MR) is 66.2 cm³/mol. The van der Waals surface area contributed by atoms with Crippen LogP contribution in [0.2, 0.25) is 0 Å². The third-order valence-electron chi connectivity index (χ3n) is 4.10. The quantitative estimate of drug-likeness (QED) is 0.533. The van der Waals surface area contributed by atoms with Crippen LogP contribution in [0.5, 0.6) is 0 Å². The van der Waals surface area contributed by atoms with E-state index in [1.54, 1.807) is 5.92 Å². The Bertz CT molecular complexity index is 104. The summed E-state index contributed by atoms with van der Waals surface area (Å²) in [6.45, 7) is 14.1. The van der Waals surface area contributed by atoms with Crippen LogP contribution < -0.4 is 0 Å². The van der Waals surface area contributed by atoms with Crippen molar-refractivity contribution in [1.29, 1.82) is 0 Å². The molecule has 0 spiro atoms. The van der Waals surface area contributed by atoms with Gasteiger partial charge in [0, 0.05) is 0 Å². The maximum Gasteiger partial charge on any atom is -0.0210 e. The molecule has 0 aromatic carbocycles. The smallest absolute Gasteiger partial charge is 0.0210 e. The molecule has 0 aliphatic heterocycles. The Morgan fingerprint density at radius 2 is 1.29 bits per heavy atom. The van der Waals surface area contributed by atoms with E-state index in [-0.39, 0.29) is 0 Å². The monoisotopic (exact) mass is 197 g/mol. The number of rotatable bonds is 7. The lowest BCUT2D eigenvalue weighted by molar-refractivity contribution is 0.299. The van der Waals surface area contributed by atoms with Gasteiger partial charge in [0.2, 0.25) is 0 Å². The number of hydrogen-bond donors (Lipinski definition) is 0. The Morgan fingerprint density at radius 3 is 1.57 bits per heavy atom. The minimum absolute atomic E-state index is 0.815. The molecule has 0 aromatic rings. The molecule has 0 heterocycles. The van der Waals surface area contributed by atoms with Gasteiger partial charge in [-0.3, -0.25) is 0 Å². The first-order chi connectivity index (χ1) is 6.62. The lowest BCUT2D eigenvalue weighted by Gasteiger charge is -2.32. The fraction of sp³-hybridized carbons (Fsp3) is 0.929. The standard InChI is InChI=1S/C14H29/c1-7-13(8-2)11(5)12(6)14(9-3)10-4/h11,13-14H,7-10H2,1-6H3. The van der Waals surface area contributed by atoms with Crippen molar-refractivity contribution in [2.24, 2.45) is 17.8 Å². The van der Waals surface area contributed by atoms with Crippen LogP contribution >= 0.6 is 0 Å². The molecule has 1 atom stereocenters. The van der Waals surface area contributed by atoms with E-state index in [0.717, 1.165) is 17.8 Å². The fourth-order valence-electron chi connectivity index (χ4n) is 2.67. The van der Waals surface area contributed by atoms with Gasteiger partial charge in [-0.05, 0) is 23.7 Å². The lowest BCUT2D eigenvalue weighted by Crippen LogP contribution is -2.22. The average molecular weight is 197 g/mol. The van der Waals surface area contributed by atoms with Crippen LogP contribution in [0, 0.1) is 23.7 Å². The van der Waals surface area contributed by atoms with Crippen molar-refractivity contribution in [1.82, 2.24) is 0 Å². The Labute approximate surface area is 91.5 Å². The first-order valence-corrected chi connectivity index (χ1v) is 6.45. The molecule has 0 saturated carbocycles. The third-order valence-corrected chi connectivity index (χ3v) is 4.10. The summed E-state index contributed by atoms with van der Waals surface area (Å²) in [7, 11) is 0. The minimum atomic E-state index is 0.815. The van der Waals surface area contributed by atoms with Crippen molar-refractivity contribution in [3.05, 3.63) is 5.92 Å². The largest absolute Gasteiger partial charge is 0.0651 e. The van der Waals surface area contributed by atoms with Crippen molar-refractivity contribution in [2.75, 3.05) is 0 Å². The molecule has 0 amide bonds. The Hall–Kier alpha value is 0. The van der Waals surface area contributed by atoms with E-state index in [1.165, 1.54) is 25.7 Å². The summed E-state index contributed by atoms with van der Waals surface area (Å²) >= 11 is 0. The van der Waals surface area contributed by atoms with Gasteiger partial charge in [0.15, 0.2) is 0 Å².